The van der Waals surface area contributed by atoms with Crippen LogP contribution in [-0.2, 0) is 11.2 Å². The minimum Gasteiger partial charge on any atom is -0.326 e. The minimum atomic E-state index is 0.0492. The van der Waals surface area contributed by atoms with Crippen LogP contribution < -0.4 is 10.6 Å². The van der Waals surface area contributed by atoms with Crippen molar-refractivity contribution >= 4 is 11.6 Å². The predicted molar refractivity (Wildman–Crippen MR) is 87.3 cm³/mol. The molecular formula is C18H22N2O. The number of hydrogen-bond acceptors (Lipinski definition) is 2. The quantitative estimate of drug-likeness (QED) is 0.851. The fourth-order valence-corrected chi connectivity index (χ4v) is 2.18. The first-order chi connectivity index (χ1) is 10.2. The second-order valence-electron chi connectivity index (χ2n) is 5.17. The summed E-state index contributed by atoms with van der Waals surface area (Å²) >= 11 is 0. The fraction of sp³-hybridized carbons (Fsp3) is 0.278. The lowest BCUT2D eigenvalue weighted by Gasteiger charge is -2.12. The van der Waals surface area contributed by atoms with Gasteiger partial charge in [0, 0.05) is 18.2 Å². The maximum atomic E-state index is 12.0. The molecule has 2 N–H and O–H groups in total. The Morgan fingerprint density at radius 1 is 1.10 bits per heavy atom. The Bertz CT molecular complexity index is 581. The van der Waals surface area contributed by atoms with Crippen LogP contribution >= 0.6 is 0 Å². The Balaban J connectivity index is 1.90. The van der Waals surface area contributed by atoms with E-state index in [1.54, 1.807) is 0 Å². The van der Waals surface area contributed by atoms with E-state index in [0.29, 0.717) is 6.42 Å². The van der Waals surface area contributed by atoms with Crippen molar-refractivity contribution in [3.8, 4) is 0 Å². The number of rotatable bonds is 6. The molecule has 0 aliphatic heterocycles. The van der Waals surface area contributed by atoms with E-state index in [1.807, 2.05) is 55.6 Å². The number of aryl methyl sites for hydroxylation is 1. The number of benzene rings is 2. The molecule has 21 heavy (non-hydrogen) atoms. The van der Waals surface area contributed by atoms with Gasteiger partial charge in [-0.25, -0.2) is 0 Å². The van der Waals surface area contributed by atoms with Gasteiger partial charge in [-0.15, -0.1) is 0 Å². The molecule has 1 unspecified atom stereocenters. The highest BCUT2D eigenvalue weighted by Gasteiger charge is 2.06. The summed E-state index contributed by atoms with van der Waals surface area (Å²) in [6, 6.07) is 18.3. The third kappa shape index (κ3) is 4.72. The highest BCUT2D eigenvalue weighted by molar-refractivity contribution is 5.90. The SMILES string of the molecule is CNC(C)c1cccc(NC(=O)CCc2ccccc2)c1. The lowest BCUT2D eigenvalue weighted by Crippen LogP contribution is -2.14. The summed E-state index contributed by atoms with van der Waals surface area (Å²) in [7, 11) is 1.93. The van der Waals surface area contributed by atoms with Gasteiger partial charge in [-0.1, -0.05) is 42.5 Å². The smallest absolute Gasteiger partial charge is 0.224 e. The van der Waals surface area contributed by atoms with Crippen LogP contribution in [0.15, 0.2) is 54.6 Å². The Hall–Kier alpha value is -2.13. The molecule has 0 heterocycles. The minimum absolute atomic E-state index is 0.0492. The Kier molecular flexibility index (Phi) is 5.52. The number of carbonyl (C=O) groups is 1. The van der Waals surface area contributed by atoms with Crippen molar-refractivity contribution in [3.63, 3.8) is 0 Å². The van der Waals surface area contributed by atoms with Gasteiger partial charge in [0.05, 0.1) is 0 Å². The Morgan fingerprint density at radius 3 is 2.57 bits per heavy atom. The van der Waals surface area contributed by atoms with Crippen LogP contribution in [0.3, 0.4) is 0 Å². The predicted octanol–water partition coefficient (Wildman–Crippen LogP) is 3.54. The van der Waals surface area contributed by atoms with Gasteiger partial charge in [0.1, 0.15) is 0 Å². The van der Waals surface area contributed by atoms with Gasteiger partial charge < -0.3 is 10.6 Å². The van der Waals surface area contributed by atoms with E-state index in [2.05, 4.69) is 23.6 Å². The summed E-state index contributed by atoms with van der Waals surface area (Å²) in [4.78, 5) is 12.0. The van der Waals surface area contributed by atoms with Crippen molar-refractivity contribution in [2.75, 3.05) is 12.4 Å². The molecule has 0 radical (unpaired) electrons. The Labute approximate surface area is 126 Å². The molecule has 1 amide bonds. The average Bonchev–Trinajstić information content (AvgIpc) is 2.53. The highest BCUT2D eigenvalue weighted by atomic mass is 16.1. The van der Waals surface area contributed by atoms with E-state index in [1.165, 1.54) is 11.1 Å². The molecular weight excluding hydrogens is 260 g/mol. The third-order valence-electron chi connectivity index (χ3n) is 3.59. The molecule has 3 nitrogen and oxygen atoms in total. The number of carbonyl (C=O) groups excluding carboxylic acids is 1. The largest absolute Gasteiger partial charge is 0.326 e. The first-order valence-corrected chi connectivity index (χ1v) is 7.30. The van der Waals surface area contributed by atoms with Gasteiger partial charge in [0.15, 0.2) is 0 Å². The Morgan fingerprint density at radius 2 is 1.86 bits per heavy atom. The summed E-state index contributed by atoms with van der Waals surface area (Å²) in [6.45, 7) is 2.09. The maximum absolute atomic E-state index is 12.0. The van der Waals surface area contributed by atoms with Crippen LogP contribution in [0.1, 0.15) is 30.5 Å². The van der Waals surface area contributed by atoms with E-state index < -0.39 is 0 Å². The summed E-state index contributed by atoms with van der Waals surface area (Å²) in [5.74, 6) is 0.0492. The molecule has 1 atom stereocenters. The summed E-state index contributed by atoms with van der Waals surface area (Å²) < 4.78 is 0. The first-order valence-electron chi connectivity index (χ1n) is 7.30. The van der Waals surface area contributed by atoms with Gasteiger partial charge in [0.2, 0.25) is 5.91 Å². The molecule has 0 bridgehead atoms. The topological polar surface area (TPSA) is 41.1 Å². The summed E-state index contributed by atoms with van der Waals surface area (Å²) in [6.07, 6.45) is 1.26. The van der Waals surface area contributed by atoms with Crippen LogP contribution in [0.4, 0.5) is 5.69 Å². The van der Waals surface area contributed by atoms with Crippen molar-refractivity contribution in [2.45, 2.75) is 25.8 Å². The van der Waals surface area contributed by atoms with Crippen LogP contribution in [-0.4, -0.2) is 13.0 Å². The van der Waals surface area contributed by atoms with Gasteiger partial charge in [-0.3, -0.25) is 4.79 Å². The van der Waals surface area contributed by atoms with Gasteiger partial charge >= 0.3 is 0 Å². The number of hydrogen-bond donors (Lipinski definition) is 2. The zero-order valence-corrected chi connectivity index (χ0v) is 12.6. The van der Waals surface area contributed by atoms with Crippen LogP contribution in [0.25, 0.3) is 0 Å². The fourth-order valence-electron chi connectivity index (χ4n) is 2.18. The van der Waals surface area contributed by atoms with Crippen molar-refractivity contribution in [1.82, 2.24) is 5.32 Å². The molecule has 0 saturated carbocycles. The van der Waals surface area contributed by atoms with Crippen LogP contribution in [0.2, 0.25) is 0 Å². The third-order valence-corrected chi connectivity index (χ3v) is 3.59. The summed E-state index contributed by atoms with van der Waals surface area (Å²) in [5, 5.41) is 6.16. The first kappa shape index (κ1) is 15.3. The summed E-state index contributed by atoms with van der Waals surface area (Å²) in [5.41, 5.74) is 3.20. The number of nitrogens with one attached hydrogen (secondary N) is 2. The van der Waals surface area contributed by atoms with E-state index in [-0.39, 0.29) is 11.9 Å². The second-order valence-corrected chi connectivity index (χ2v) is 5.17. The van der Waals surface area contributed by atoms with E-state index in [4.69, 9.17) is 0 Å². The van der Waals surface area contributed by atoms with Crippen molar-refractivity contribution in [1.29, 1.82) is 0 Å². The molecule has 0 spiro atoms. The van der Waals surface area contributed by atoms with Crippen molar-refractivity contribution in [3.05, 3.63) is 65.7 Å². The molecule has 2 aromatic rings. The number of anilines is 1. The van der Waals surface area contributed by atoms with E-state index in [9.17, 15) is 4.79 Å². The molecule has 0 aliphatic rings. The molecule has 2 aromatic carbocycles. The van der Waals surface area contributed by atoms with Crippen molar-refractivity contribution < 1.29 is 4.79 Å². The maximum Gasteiger partial charge on any atom is 0.224 e. The number of amides is 1. The van der Waals surface area contributed by atoms with Gasteiger partial charge in [-0.2, -0.15) is 0 Å². The van der Waals surface area contributed by atoms with Gasteiger partial charge in [-0.05, 0) is 43.7 Å². The van der Waals surface area contributed by atoms with E-state index in [0.717, 1.165) is 12.1 Å². The lowest BCUT2D eigenvalue weighted by molar-refractivity contribution is -0.116. The lowest BCUT2D eigenvalue weighted by atomic mass is 10.1. The standard InChI is InChI=1S/C18H22N2O/c1-14(19-2)16-9-6-10-17(13-16)20-18(21)12-11-15-7-4-3-5-8-15/h3-10,13-14,19H,11-12H2,1-2H3,(H,20,21). The highest BCUT2D eigenvalue weighted by Crippen LogP contribution is 2.17. The molecule has 0 fully saturated rings. The van der Waals surface area contributed by atoms with Crippen LogP contribution in [0.5, 0.6) is 0 Å². The van der Waals surface area contributed by atoms with E-state index >= 15 is 0 Å². The van der Waals surface area contributed by atoms with Crippen LogP contribution in [0, 0.1) is 0 Å². The second kappa shape index (κ2) is 7.60. The molecule has 110 valence electrons. The monoisotopic (exact) mass is 282 g/mol. The normalized spacial score (nSPS) is 11.9. The molecule has 0 aromatic heterocycles. The van der Waals surface area contributed by atoms with Gasteiger partial charge in [0.25, 0.3) is 0 Å². The zero-order valence-electron chi connectivity index (χ0n) is 12.6. The van der Waals surface area contributed by atoms with Crippen molar-refractivity contribution in [2.24, 2.45) is 0 Å². The zero-order chi connectivity index (χ0) is 15.1. The average molecular weight is 282 g/mol. The molecule has 3 heteroatoms. The molecule has 0 saturated heterocycles. The molecule has 2 rings (SSSR count). The molecule has 0 aliphatic carbocycles.